The van der Waals surface area contributed by atoms with Crippen molar-refractivity contribution in [3.8, 4) is 11.5 Å². The van der Waals surface area contributed by atoms with E-state index in [2.05, 4.69) is 11.0 Å². The predicted molar refractivity (Wildman–Crippen MR) is 160 cm³/mol. The third kappa shape index (κ3) is 6.85. The second-order valence-corrected chi connectivity index (χ2v) is 10.1. The van der Waals surface area contributed by atoms with Crippen LogP contribution in [0, 0.1) is 0 Å². The summed E-state index contributed by atoms with van der Waals surface area (Å²) in [5.41, 5.74) is 2.97. The summed E-state index contributed by atoms with van der Waals surface area (Å²) in [5, 5.41) is 0.898. The number of carbonyl (C=O) groups is 2. The molecule has 1 aliphatic heterocycles. The van der Waals surface area contributed by atoms with Gasteiger partial charge in [-0.3, -0.25) is 4.90 Å². The molecule has 0 spiro atoms. The Labute approximate surface area is 244 Å². The SMILES string of the molecule is Cl.O=C(Oc1cccc(C2CCCN(Cc3cc4cc(OC(=O)c5ccccc5)ccc4o3)C2)c1)c1ccccc1. The number of hydrogen-bond donors (Lipinski definition) is 0. The number of ether oxygens (including phenoxy) is 2. The lowest BCUT2D eigenvalue weighted by atomic mass is 9.90. The van der Waals surface area contributed by atoms with Gasteiger partial charge in [-0.25, -0.2) is 9.59 Å². The molecule has 41 heavy (non-hydrogen) atoms. The van der Waals surface area contributed by atoms with Crippen molar-refractivity contribution in [1.29, 1.82) is 0 Å². The van der Waals surface area contributed by atoms with Crippen molar-refractivity contribution < 1.29 is 23.5 Å². The smallest absolute Gasteiger partial charge is 0.343 e. The fraction of sp³-hybridized carbons (Fsp3) is 0.176. The Hall–Kier alpha value is -4.39. The van der Waals surface area contributed by atoms with Crippen LogP contribution in [0.3, 0.4) is 0 Å². The van der Waals surface area contributed by atoms with E-state index in [4.69, 9.17) is 13.9 Å². The second-order valence-electron chi connectivity index (χ2n) is 10.1. The van der Waals surface area contributed by atoms with Crippen LogP contribution in [0.2, 0.25) is 0 Å². The van der Waals surface area contributed by atoms with E-state index in [-0.39, 0.29) is 24.3 Å². The van der Waals surface area contributed by atoms with E-state index in [1.54, 1.807) is 30.3 Å². The zero-order valence-electron chi connectivity index (χ0n) is 22.4. The summed E-state index contributed by atoms with van der Waals surface area (Å²) in [4.78, 5) is 27.3. The molecule has 0 N–H and O–H groups in total. The van der Waals surface area contributed by atoms with Crippen molar-refractivity contribution in [2.45, 2.75) is 25.3 Å². The third-order valence-electron chi connectivity index (χ3n) is 7.19. The Balaban J connectivity index is 0.00000337. The first-order chi connectivity index (χ1) is 19.6. The lowest BCUT2D eigenvalue weighted by Gasteiger charge is -2.32. The highest BCUT2D eigenvalue weighted by atomic mass is 35.5. The highest BCUT2D eigenvalue weighted by Gasteiger charge is 2.23. The van der Waals surface area contributed by atoms with Crippen molar-refractivity contribution in [1.82, 2.24) is 4.90 Å². The van der Waals surface area contributed by atoms with Crippen LogP contribution in [-0.4, -0.2) is 29.9 Å². The zero-order chi connectivity index (χ0) is 27.3. The minimum absolute atomic E-state index is 0. The zero-order valence-corrected chi connectivity index (χ0v) is 23.2. The molecule has 6 nitrogen and oxygen atoms in total. The van der Waals surface area contributed by atoms with E-state index >= 15 is 0 Å². The molecule has 0 amide bonds. The quantitative estimate of drug-likeness (QED) is 0.148. The third-order valence-corrected chi connectivity index (χ3v) is 7.19. The topological polar surface area (TPSA) is 69.0 Å². The highest BCUT2D eigenvalue weighted by Crippen LogP contribution is 2.31. The number of benzene rings is 4. The second kappa shape index (κ2) is 12.9. The van der Waals surface area contributed by atoms with Crippen LogP contribution in [0.4, 0.5) is 0 Å². The first-order valence-electron chi connectivity index (χ1n) is 13.5. The number of furan rings is 1. The van der Waals surface area contributed by atoms with Crippen LogP contribution >= 0.6 is 12.4 Å². The molecule has 1 aliphatic rings. The summed E-state index contributed by atoms with van der Waals surface area (Å²) < 4.78 is 17.3. The number of nitrogens with zero attached hydrogens (tertiary/aromatic N) is 1. The van der Waals surface area contributed by atoms with E-state index in [0.717, 1.165) is 48.2 Å². The van der Waals surface area contributed by atoms with Gasteiger partial charge in [0.05, 0.1) is 17.7 Å². The van der Waals surface area contributed by atoms with E-state index in [9.17, 15) is 9.59 Å². The van der Waals surface area contributed by atoms with Gasteiger partial charge in [-0.2, -0.15) is 0 Å². The molecule has 1 saturated heterocycles. The molecule has 0 saturated carbocycles. The van der Waals surface area contributed by atoms with Crippen LogP contribution in [0.1, 0.15) is 50.8 Å². The summed E-state index contributed by atoms with van der Waals surface area (Å²) in [6, 6.07) is 33.3. The standard InChI is InChI=1S/C34H29NO5.ClH/c36-33(24-9-3-1-4-10-24)39-29-15-7-13-26(19-29)27-14-8-18-35(22-27)23-31-21-28-20-30(16-17-32(28)38-31)40-34(37)25-11-5-2-6-12-25;/h1-7,9-13,15-17,19-21,27H,8,14,18,22-23H2;1H. The van der Waals surface area contributed by atoms with E-state index in [0.29, 0.717) is 35.1 Å². The molecule has 2 heterocycles. The van der Waals surface area contributed by atoms with Crippen molar-refractivity contribution in [3.63, 3.8) is 0 Å². The normalized spacial score (nSPS) is 15.2. The minimum Gasteiger partial charge on any atom is -0.460 e. The number of piperidine rings is 1. The van der Waals surface area contributed by atoms with Gasteiger partial charge in [0.15, 0.2) is 0 Å². The molecule has 5 aromatic rings. The summed E-state index contributed by atoms with van der Waals surface area (Å²) in [6.07, 6.45) is 2.14. The van der Waals surface area contributed by atoms with Gasteiger partial charge in [-0.1, -0.05) is 48.5 Å². The maximum absolute atomic E-state index is 12.5. The fourth-order valence-electron chi connectivity index (χ4n) is 5.22. The van der Waals surface area contributed by atoms with Crippen molar-refractivity contribution in [3.05, 3.63) is 132 Å². The number of rotatable bonds is 7. The summed E-state index contributed by atoms with van der Waals surface area (Å²) in [6.45, 7) is 2.55. The maximum atomic E-state index is 12.5. The molecule has 6 rings (SSSR count). The van der Waals surface area contributed by atoms with Gasteiger partial charge < -0.3 is 13.9 Å². The molecule has 1 aromatic heterocycles. The van der Waals surface area contributed by atoms with Gasteiger partial charge in [0.1, 0.15) is 22.8 Å². The van der Waals surface area contributed by atoms with Gasteiger partial charge in [0, 0.05) is 11.9 Å². The summed E-state index contributed by atoms with van der Waals surface area (Å²) in [7, 11) is 0. The van der Waals surface area contributed by atoms with Crippen molar-refractivity contribution >= 4 is 35.3 Å². The van der Waals surface area contributed by atoms with Crippen LogP contribution < -0.4 is 9.47 Å². The Bertz CT molecular complexity index is 1630. The molecule has 4 aromatic carbocycles. The van der Waals surface area contributed by atoms with Gasteiger partial charge in [0.2, 0.25) is 0 Å². The molecule has 0 aliphatic carbocycles. The maximum Gasteiger partial charge on any atom is 0.343 e. The molecule has 1 fully saturated rings. The Morgan fingerprint density at radius 3 is 2.10 bits per heavy atom. The predicted octanol–water partition coefficient (Wildman–Crippen LogP) is 7.67. The monoisotopic (exact) mass is 567 g/mol. The minimum atomic E-state index is -0.387. The molecule has 1 atom stereocenters. The summed E-state index contributed by atoms with van der Waals surface area (Å²) >= 11 is 0. The number of likely N-dealkylation sites (tertiary alicyclic amines) is 1. The number of hydrogen-bond acceptors (Lipinski definition) is 6. The first-order valence-corrected chi connectivity index (χ1v) is 13.5. The molecule has 208 valence electrons. The highest BCUT2D eigenvalue weighted by molar-refractivity contribution is 5.92. The average molecular weight is 568 g/mol. The number of carbonyl (C=O) groups excluding carboxylic acids is 2. The first kappa shape index (κ1) is 28.1. The largest absolute Gasteiger partial charge is 0.460 e. The van der Waals surface area contributed by atoms with E-state index in [1.807, 2.05) is 72.8 Å². The van der Waals surface area contributed by atoms with Gasteiger partial charge in [-0.05, 0) is 91.5 Å². The van der Waals surface area contributed by atoms with Crippen LogP contribution in [0.25, 0.3) is 11.0 Å². The lowest BCUT2D eigenvalue weighted by Crippen LogP contribution is -2.33. The van der Waals surface area contributed by atoms with Crippen LogP contribution in [-0.2, 0) is 6.54 Å². The molecule has 1 unspecified atom stereocenters. The van der Waals surface area contributed by atoms with Gasteiger partial charge in [0.25, 0.3) is 0 Å². The summed E-state index contributed by atoms with van der Waals surface area (Å²) in [5.74, 6) is 1.50. The Kier molecular flexibility index (Phi) is 8.82. The molecular weight excluding hydrogens is 538 g/mol. The van der Waals surface area contributed by atoms with Gasteiger partial charge >= 0.3 is 11.9 Å². The van der Waals surface area contributed by atoms with Crippen LogP contribution in [0.15, 0.2) is 114 Å². The molecule has 7 heteroatoms. The average Bonchev–Trinajstić information content (AvgIpc) is 3.40. The van der Waals surface area contributed by atoms with E-state index < -0.39 is 0 Å². The number of esters is 2. The van der Waals surface area contributed by atoms with Crippen molar-refractivity contribution in [2.75, 3.05) is 13.1 Å². The lowest BCUT2D eigenvalue weighted by molar-refractivity contribution is 0.0725. The Morgan fingerprint density at radius 1 is 0.756 bits per heavy atom. The Morgan fingerprint density at radius 2 is 1.41 bits per heavy atom. The van der Waals surface area contributed by atoms with Crippen molar-refractivity contribution in [2.24, 2.45) is 0 Å². The van der Waals surface area contributed by atoms with E-state index in [1.165, 1.54) is 0 Å². The van der Waals surface area contributed by atoms with Crippen LogP contribution in [0.5, 0.6) is 11.5 Å². The van der Waals surface area contributed by atoms with Gasteiger partial charge in [-0.15, -0.1) is 12.4 Å². The number of fused-ring (bicyclic) bond motifs is 1. The number of halogens is 1. The molecule has 0 radical (unpaired) electrons. The molecule has 0 bridgehead atoms. The molecular formula is C34H30ClNO5. The fourth-order valence-corrected chi connectivity index (χ4v) is 5.22.